The molecular weight excluding hydrogens is 250 g/mol. The van der Waals surface area contributed by atoms with E-state index >= 15 is 0 Å². The number of benzene rings is 1. The molecule has 0 heterocycles. The molecule has 1 rings (SSSR count). The molecule has 114 valence electrons. The molecule has 1 unspecified atom stereocenters. The van der Waals surface area contributed by atoms with Crippen LogP contribution in [0.2, 0.25) is 0 Å². The third kappa shape index (κ3) is 6.92. The van der Waals surface area contributed by atoms with Crippen molar-refractivity contribution in [2.45, 2.75) is 46.8 Å². The standard InChI is InChI=1S/C17H29NO2/c1-13(2)12-19-11-10-18-15(5)16-6-8-17(9-7-16)20-14(3)4/h6-9,13-15,18H,10-12H2,1-5H3. The first-order valence-electron chi connectivity index (χ1n) is 7.56. The van der Waals surface area contributed by atoms with E-state index in [9.17, 15) is 0 Å². The summed E-state index contributed by atoms with van der Waals surface area (Å²) in [7, 11) is 0. The van der Waals surface area contributed by atoms with Gasteiger partial charge in [-0.25, -0.2) is 0 Å². The first kappa shape index (κ1) is 17.0. The minimum Gasteiger partial charge on any atom is -0.491 e. The lowest BCUT2D eigenvalue weighted by molar-refractivity contribution is 0.110. The van der Waals surface area contributed by atoms with Crippen LogP contribution in [0.1, 0.15) is 46.2 Å². The number of ether oxygens (including phenoxy) is 2. The van der Waals surface area contributed by atoms with Crippen molar-refractivity contribution < 1.29 is 9.47 Å². The maximum Gasteiger partial charge on any atom is 0.119 e. The SMILES string of the molecule is CC(C)COCCNC(C)c1ccc(OC(C)C)cc1. The molecule has 0 saturated carbocycles. The Balaban J connectivity index is 2.30. The lowest BCUT2D eigenvalue weighted by Crippen LogP contribution is -2.23. The minimum absolute atomic E-state index is 0.217. The molecule has 20 heavy (non-hydrogen) atoms. The van der Waals surface area contributed by atoms with Crippen LogP contribution in [0, 0.1) is 5.92 Å². The van der Waals surface area contributed by atoms with Gasteiger partial charge in [0.05, 0.1) is 12.7 Å². The molecular formula is C17H29NO2. The van der Waals surface area contributed by atoms with E-state index in [0.29, 0.717) is 12.0 Å². The predicted octanol–water partition coefficient (Wildman–Crippen LogP) is 3.80. The molecule has 1 aromatic carbocycles. The van der Waals surface area contributed by atoms with Crippen molar-refractivity contribution in [2.24, 2.45) is 5.92 Å². The van der Waals surface area contributed by atoms with Gasteiger partial charge in [0.2, 0.25) is 0 Å². The summed E-state index contributed by atoms with van der Waals surface area (Å²) in [6.45, 7) is 13.0. The Hall–Kier alpha value is -1.06. The molecule has 0 saturated heterocycles. The van der Waals surface area contributed by atoms with Gasteiger partial charge in [-0.1, -0.05) is 26.0 Å². The Kier molecular flexibility index (Phi) is 7.63. The fraction of sp³-hybridized carbons (Fsp3) is 0.647. The first-order chi connectivity index (χ1) is 9.49. The number of hydrogen-bond donors (Lipinski definition) is 1. The largest absolute Gasteiger partial charge is 0.491 e. The molecule has 3 heteroatoms. The maximum atomic E-state index is 5.64. The van der Waals surface area contributed by atoms with Crippen LogP contribution in [-0.2, 0) is 4.74 Å². The molecule has 0 aliphatic heterocycles. The summed E-state index contributed by atoms with van der Waals surface area (Å²) in [6.07, 6.45) is 0.217. The predicted molar refractivity (Wildman–Crippen MR) is 84.3 cm³/mol. The number of hydrogen-bond acceptors (Lipinski definition) is 3. The van der Waals surface area contributed by atoms with E-state index in [1.165, 1.54) is 5.56 Å². The summed E-state index contributed by atoms with van der Waals surface area (Å²) in [5, 5.41) is 3.47. The second-order valence-corrected chi connectivity index (χ2v) is 5.88. The van der Waals surface area contributed by atoms with E-state index in [-0.39, 0.29) is 6.10 Å². The molecule has 0 aliphatic rings. The minimum atomic E-state index is 0.217. The fourth-order valence-corrected chi connectivity index (χ4v) is 1.89. The molecule has 0 amide bonds. The van der Waals surface area contributed by atoms with Crippen LogP contribution < -0.4 is 10.1 Å². The average Bonchev–Trinajstić information content (AvgIpc) is 2.38. The number of rotatable bonds is 9. The van der Waals surface area contributed by atoms with Gasteiger partial charge in [-0.3, -0.25) is 0 Å². The Morgan fingerprint density at radius 2 is 1.65 bits per heavy atom. The van der Waals surface area contributed by atoms with Crippen molar-refractivity contribution in [3.63, 3.8) is 0 Å². The highest BCUT2D eigenvalue weighted by atomic mass is 16.5. The molecule has 0 radical (unpaired) electrons. The Bertz CT molecular complexity index is 360. The van der Waals surface area contributed by atoms with Crippen molar-refractivity contribution in [2.75, 3.05) is 19.8 Å². The van der Waals surface area contributed by atoms with Crippen LogP contribution in [0.15, 0.2) is 24.3 Å². The van der Waals surface area contributed by atoms with Gasteiger partial charge in [0, 0.05) is 19.2 Å². The van der Waals surface area contributed by atoms with E-state index in [1.54, 1.807) is 0 Å². The summed E-state index contributed by atoms with van der Waals surface area (Å²) < 4.78 is 11.2. The first-order valence-corrected chi connectivity index (χ1v) is 7.56. The van der Waals surface area contributed by atoms with Gasteiger partial charge in [-0.15, -0.1) is 0 Å². The van der Waals surface area contributed by atoms with Gasteiger partial charge in [-0.2, -0.15) is 0 Å². The van der Waals surface area contributed by atoms with Crippen LogP contribution in [-0.4, -0.2) is 25.9 Å². The quantitative estimate of drug-likeness (QED) is 0.697. The second-order valence-electron chi connectivity index (χ2n) is 5.88. The van der Waals surface area contributed by atoms with E-state index < -0.39 is 0 Å². The number of nitrogens with one attached hydrogen (secondary N) is 1. The molecule has 0 fully saturated rings. The topological polar surface area (TPSA) is 30.5 Å². The summed E-state index contributed by atoms with van der Waals surface area (Å²) in [6, 6.07) is 8.62. The molecule has 0 spiro atoms. The summed E-state index contributed by atoms with van der Waals surface area (Å²) >= 11 is 0. The van der Waals surface area contributed by atoms with Crippen LogP contribution in [0.25, 0.3) is 0 Å². The average molecular weight is 279 g/mol. The third-order valence-corrected chi connectivity index (χ3v) is 2.90. The molecule has 0 aromatic heterocycles. The summed E-state index contributed by atoms with van der Waals surface area (Å²) in [5.41, 5.74) is 1.27. The Morgan fingerprint density at radius 3 is 2.20 bits per heavy atom. The van der Waals surface area contributed by atoms with E-state index in [2.05, 4.69) is 38.2 Å². The van der Waals surface area contributed by atoms with Crippen molar-refractivity contribution in [3.05, 3.63) is 29.8 Å². The van der Waals surface area contributed by atoms with Gasteiger partial charge in [0.15, 0.2) is 0 Å². The van der Waals surface area contributed by atoms with Crippen molar-refractivity contribution in [1.82, 2.24) is 5.32 Å². The molecule has 1 N–H and O–H groups in total. The van der Waals surface area contributed by atoms with Gasteiger partial charge in [-0.05, 0) is 44.4 Å². The van der Waals surface area contributed by atoms with E-state index in [1.807, 2.05) is 26.0 Å². The molecule has 3 nitrogen and oxygen atoms in total. The fourth-order valence-electron chi connectivity index (χ4n) is 1.89. The lowest BCUT2D eigenvalue weighted by Gasteiger charge is -2.16. The molecule has 0 bridgehead atoms. The lowest BCUT2D eigenvalue weighted by atomic mass is 10.1. The Labute approximate surface area is 123 Å². The highest BCUT2D eigenvalue weighted by Gasteiger charge is 2.05. The van der Waals surface area contributed by atoms with Gasteiger partial charge in [0.1, 0.15) is 5.75 Å². The monoisotopic (exact) mass is 279 g/mol. The zero-order chi connectivity index (χ0) is 15.0. The van der Waals surface area contributed by atoms with Crippen molar-refractivity contribution >= 4 is 0 Å². The van der Waals surface area contributed by atoms with Gasteiger partial charge in [0.25, 0.3) is 0 Å². The zero-order valence-electron chi connectivity index (χ0n) is 13.5. The summed E-state index contributed by atoms with van der Waals surface area (Å²) in [4.78, 5) is 0. The highest BCUT2D eigenvalue weighted by Crippen LogP contribution is 2.18. The van der Waals surface area contributed by atoms with Crippen molar-refractivity contribution in [3.8, 4) is 5.75 Å². The normalized spacial score (nSPS) is 12.9. The van der Waals surface area contributed by atoms with E-state index in [4.69, 9.17) is 9.47 Å². The highest BCUT2D eigenvalue weighted by molar-refractivity contribution is 5.29. The molecule has 0 aliphatic carbocycles. The van der Waals surface area contributed by atoms with Crippen molar-refractivity contribution in [1.29, 1.82) is 0 Å². The summed E-state index contributed by atoms with van der Waals surface area (Å²) in [5.74, 6) is 1.53. The smallest absolute Gasteiger partial charge is 0.119 e. The third-order valence-electron chi connectivity index (χ3n) is 2.90. The van der Waals surface area contributed by atoms with E-state index in [0.717, 1.165) is 25.5 Å². The van der Waals surface area contributed by atoms with Crippen LogP contribution in [0.4, 0.5) is 0 Å². The second kappa shape index (κ2) is 8.98. The van der Waals surface area contributed by atoms with Crippen LogP contribution in [0.3, 0.4) is 0 Å². The molecule has 1 atom stereocenters. The van der Waals surface area contributed by atoms with Crippen LogP contribution in [0.5, 0.6) is 5.75 Å². The Morgan fingerprint density at radius 1 is 1.00 bits per heavy atom. The maximum absolute atomic E-state index is 5.64. The zero-order valence-corrected chi connectivity index (χ0v) is 13.5. The van der Waals surface area contributed by atoms with Gasteiger partial charge >= 0.3 is 0 Å². The van der Waals surface area contributed by atoms with Gasteiger partial charge < -0.3 is 14.8 Å². The van der Waals surface area contributed by atoms with Crippen LogP contribution >= 0.6 is 0 Å². The molecule has 1 aromatic rings.